The number of nitrogens with one attached hydrogen (secondary N) is 1. The highest BCUT2D eigenvalue weighted by Gasteiger charge is 2.31. The number of sulfonamides is 1. The molecule has 9 heteroatoms. The highest BCUT2D eigenvalue weighted by atomic mass is 35.5. The minimum absolute atomic E-state index is 0. The fourth-order valence-corrected chi connectivity index (χ4v) is 3.78. The molecule has 0 heterocycles. The van der Waals surface area contributed by atoms with Gasteiger partial charge in [0.2, 0.25) is 10.0 Å². The minimum atomic E-state index is -4.42. The Balaban J connectivity index is 0.00000242. The van der Waals surface area contributed by atoms with E-state index < -0.39 is 37.9 Å². The van der Waals surface area contributed by atoms with Gasteiger partial charge in [-0.2, -0.15) is 0 Å². The third-order valence-electron chi connectivity index (χ3n) is 3.70. The van der Waals surface area contributed by atoms with Crippen molar-refractivity contribution in [3.05, 3.63) is 29.6 Å². The molecule has 126 valence electrons. The van der Waals surface area contributed by atoms with Gasteiger partial charge in [-0.25, -0.2) is 26.3 Å². The number of benzene rings is 1. The van der Waals surface area contributed by atoms with Gasteiger partial charge in [-0.05, 0) is 12.8 Å². The maximum atomic E-state index is 13.5. The zero-order valence-electron chi connectivity index (χ0n) is 11.7. The molecule has 0 atom stereocenters. The largest absolute Gasteiger partial charge is 0.324 e. The molecule has 0 spiro atoms. The Kier molecular flexibility index (Phi) is 6.26. The van der Waals surface area contributed by atoms with Gasteiger partial charge in [0, 0.05) is 24.2 Å². The van der Waals surface area contributed by atoms with E-state index in [0.717, 1.165) is 19.3 Å². The molecule has 1 aliphatic rings. The number of rotatable bonds is 4. The van der Waals surface area contributed by atoms with Crippen molar-refractivity contribution in [3.63, 3.8) is 0 Å². The van der Waals surface area contributed by atoms with Gasteiger partial charge >= 0.3 is 0 Å². The van der Waals surface area contributed by atoms with E-state index in [0.29, 0.717) is 25.0 Å². The second-order valence-electron chi connectivity index (χ2n) is 5.45. The molecule has 22 heavy (non-hydrogen) atoms. The fraction of sp³-hybridized carbons (Fsp3) is 0.538. The van der Waals surface area contributed by atoms with Crippen LogP contribution in [0.15, 0.2) is 17.0 Å². The number of nitrogens with two attached hydrogens (primary N) is 1. The van der Waals surface area contributed by atoms with Crippen molar-refractivity contribution in [1.82, 2.24) is 4.72 Å². The van der Waals surface area contributed by atoms with Gasteiger partial charge < -0.3 is 5.73 Å². The average Bonchev–Trinajstić information content (AvgIpc) is 2.36. The third-order valence-corrected chi connectivity index (χ3v) is 5.15. The smallest absolute Gasteiger partial charge is 0.246 e. The van der Waals surface area contributed by atoms with Crippen molar-refractivity contribution in [1.29, 1.82) is 0 Å². The number of halogens is 4. The Bertz CT molecular complexity index is 611. The van der Waals surface area contributed by atoms with Crippen LogP contribution in [0.25, 0.3) is 0 Å². The standard InChI is InChI=1S/C13H17F3N2O2S.ClH/c14-9-6-10(15)12(11(16)7-9)21(19,20)18-8-13(17)4-2-1-3-5-13;/h6-7,18H,1-5,8,17H2;1H. The molecule has 0 amide bonds. The first-order valence-corrected chi connectivity index (χ1v) is 8.15. The Morgan fingerprint density at radius 2 is 1.59 bits per heavy atom. The fourth-order valence-electron chi connectivity index (χ4n) is 2.53. The van der Waals surface area contributed by atoms with Crippen LogP contribution in [-0.2, 0) is 10.0 Å². The number of hydrogen-bond acceptors (Lipinski definition) is 3. The summed E-state index contributed by atoms with van der Waals surface area (Å²) in [6.07, 6.45) is 4.09. The summed E-state index contributed by atoms with van der Waals surface area (Å²) in [5.41, 5.74) is 5.36. The Morgan fingerprint density at radius 1 is 1.09 bits per heavy atom. The van der Waals surface area contributed by atoms with Crippen LogP contribution < -0.4 is 10.5 Å². The summed E-state index contributed by atoms with van der Waals surface area (Å²) in [6.45, 7) is -0.106. The van der Waals surface area contributed by atoms with Gasteiger partial charge in [-0.3, -0.25) is 0 Å². The van der Waals surface area contributed by atoms with Crippen LogP contribution in [0.3, 0.4) is 0 Å². The molecule has 0 bridgehead atoms. The lowest BCUT2D eigenvalue weighted by Gasteiger charge is -2.33. The SMILES string of the molecule is Cl.NC1(CNS(=O)(=O)c2c(F)cc(F)cc2F)CCCCC1. The van der Waals surface area contributed by atoms with Crippen molar-refractivity contribution in [2.75, 3.05) is 6.54 Å². The molecule has 1 saturated carbocycles. The first kappa shape index (κ1) is 19.2. The zero-order valence-corrected chi connectivity index (χ0v) is 13.4. The van der Waals surface area contributed by atoms with Crippen molar-refractivity contribution in [3.8, 4) is 0 Å². The van der Waals surface area contributed by atoms with Crippen molar-refractivity contribution >= 4 is 22.4 Å². The topological polar surface area (TPSA) is 72.2 Å². The molecule has 1 aromatic carbocycles. The van der Waals surface area contributed by atoms with Crippen LogP contribution in [0.2, 0.25) is 0 Å². The molecule has 3 N–H and O–H groups in total. The highest BCUT2D eigenvalue weighted by molar-refractivity contribution is 7.89. The summed E-state index contributed by atoms with van der Waals surface area (Å²) >= 11 is 0. The van der Waals surface area contributed by atoms with Crippen LogP contribution in [0.1, 0.15) is 32.1 Å². The average molecular weight is 359 g/mol. The van der Waals surface area contributed by atoms with E-state index in [-0.39, 0.29) is 19.0 Å². The molecular weight excluding hydrogens is 341 g/mol. The van der Waals surface area contributed by atoms with Gasteiger partial charge in [-0.15, -0.1) is 12.4 Å². The summed E-state index contributed by atoms with van der Waals surface area (Å²) < 4.78 is 66.0. The molecule has 0 aliphatic heterocycles. The van der Waals surface area contributed by atoms with E-state index in [1.807, 2.05) is 0 Å². The summed E-state index contributed by atoms with van der Waals surface area (Å²) in [4.78, 5) is -1.18. The quantitative estimate of drug-likeness (QED) is 0.868. The number of hydrogen-bond donors (Lipinski definition) is 2. The zero-order chi connectivity index (χ0) is 15.7. The minimum Gasteiger partial charge on any atom is -0.324 e. The lowest BCUT2D eigenvalue weighted by atomic mass is 9.83. The molecule has 1 aromatic rings. The van der Waals surface area contributed by atoms with E-state index in [1.165, 1.54) is 0 Å². The Morgan fingerprint density at radius 3 is 2.09 bits per heavy atom. The lowest BCUT2D eigenvalue weighted by molar-refractivity contribution is 0.296. The Labute approximate surface area is 133 Å². The predicted octanol–water partition coefficient (Wildman–Crippen LogP) is 2.47. The molecule has 1 aliphatic carbocycles. The summed E-state index contributed by atoms with van der Waals surface area (Å²) in [5.74, 6) is -4.10. The molecule has 0 unspecified atom stereocenters. The molecule has 4 nitrogen and oxygen atoms in total. The maximum Gasteiger partial charge on any atom is 0.246 e. The van der Waals surface area contributed by atoms with Crippen LogP contribution in [0.4, 0.5) is 13.2 Å². The van der Waals surface area contributed by atoms with Crippen LogP contribution in [-0.4, -0.2) is 20.5 Å². The van der Waals surface area contributed by atoms with Crippen LogP contribution in [0, 0.1) is 17.5 Å². The van der Waals surface area contributed by atoms with Crippen LogP contribution in [0.5, 0.6) is 0 Å². The van der Waals surface area contributed by atoms with Crippen LogP contribution >= 0.6 is 12.4 Å². The lowest BCUT2D eigenvalue weighted by Crippen LogP contribution is -2.51. The van der Waals surface area contributed by atoms with Crippen molar-refractivity contribution in [2.45, 2.75) is 42.5 Å². The summed E-state index contributed by atoms with van der Waals surface area (Å²) in [6, 6.07) is 0.660. The van der Waals surface area contributed by atoms with E-state index in [2.05, 4.69) is 4.72 Å². The van der Waals surface area contributed by atoms with E-state index >= 15 is 0 Å². The Hall–Kier alpha value is -0.830. The molecule has 0 saturated heterocycles. The van der Waals surface area contributed by atoms with Gasteiger partial charge in [0.05, 0.1) is 0 Å². The van der Waals surface area contributed by atoms with E-state index in [4.69, 9.17) is 5.73 Å². The molecule has 1 fully saturated rings. The molecular formula is C13H18ClF3N2O2S. The molecule has 0 radical (unpaired) electrons. The van der Waals surface area contributed by atoms with Crippen molar-refractivity contribution in [2.24, 2.45) is 5.73 Å². The van der Waals surface area contributed by atoms with Gasteiger partial charge in [0.1, 0.15) is 17.5 Å². The van der Waals surface area contributed by atoms with E-state index in [1.54, 1.807) is 0 Å². The maximum absolute atomic E-state index is 13.5. The van der Waals surface area contributed by atoms with Gasteiger partial charge in [0.15, 0.2) is 4.90 Å². The monoisotopic (exact) mass is 358 g/mol. The first-order valence-electron chi connectivity index (χ1n) is 6.67. The summed E-state index contributed by atoms with van der Waals surface area (Å²) in [7, 11) is -4.42. The summed E-state index contributed by atoms with van der Waals surface area (Å²) in [5, 5.41) is 0. The van der Waals surface area contributed by atoms with E-state index in [9.17, 15) is 21.6 Å². The van der Waals surface area contributed by atoms with Gasteiger partial charge in [0.25, 0.3) is 0 Å². The molecule has 0 aromatic heterocycles. The highest BCUT2D eigenvalue weighted by Crippen LogP contribution is 2.26. The second-order valence-corrected chi connectivity index (χ2v) is 7.15. The van der Waals surface area contributed by atoms with Crippen molar-refractivity contribution < 1.29 is 21.6 Å². The second kappa shape index (κ2) is 7.16. The third kappa shape index (κ3) is 4.34. The van der Waals surface area contributed by atoms with Gasteiger partial charge in [-0.1, -0.05) is 19.3 Å². The predicted molar refractivity (Wildman–Crippen MR) is 78.8 cm³/mol. The normalized spacial score (nSPS) is 17.8. The first-order chi connectivity index (χ1) is 9.73. The molecule has 2 rings (SSSR count).